The van der Waals surface area contributed by atoms with Crippen LogP contribution in [0.2, 0.25) is 0 Å². The fourth-order valence-electron chi connectivity index (χ4n) is 1.67. The highest BCUT2D eigenvalue weighted by molar-refractivity contribution is 8.07. The molecule has 0 aromatic heterocycles. The Hall–Kier alpha value is 0.180. The lowest BCUT2D eigenvalue weighted by Crippen LogP contribution is -2.47. The van der Waals surface area contributed by atoms with Crippen LogP contribution in [0.4, 0.5) is 0 Å². The molecule has 0 aromatic carbocycles. The van der Waals surface area contributed by atoms with Gasteiger partial charge in [-0.1, -0.05) is 6.92 Å². The minimum absolute atomic E-state index is 0.360. The molecule has 0 spiro atoms. The molecule has 1 rings (SSSR count). The van der Waals surface area contributed by atoms with E-state index in [1.807, 2.05) is 23.5 Å². The number of rotatable bonds is 4. The average molecular weight is 230 g/mol. The molecule has 1 aliphatic rings. The van der Waals surface area contributed by atoms with E-state index in [-0.39, 0.29) is 0 Å². The maximum atomic E-state index is 5.57. The minimum Gasteiger partial charge on any atom is -0.271 e. The third-order valence-corrected chi connectivity index (χ3v) is 5.70. The van der Waals surface area contributed by atoms with Crippen LogP contribution in [-0.2, 0) is 0 Å². The number of nitrogens with one attached hydrogen (secondary N) is 1. The van der Waals surface area contributed by atoms with Gasteiger partial charge in [0, 0.05) is 34.5 Å². The van der Waals surface area contributed by atoms with Crippen LogP contribution in [0.5, 0.6) is 0 Å². The second kappa shape index (κ2) is 6.62. The van der Waals surface area contributed by atoms with Gasteiger partial charge in [-0.2, -0.15) is 23.5 Å². The van der Waals surface area contributed by atoms with Crippen LogP contribution in [0.25, 0.3) is 0 Å². The first-order valence-electron chi connectivity index (χ1n) is 4.92. The minimum atomic E-state index is 0.360. The SMILES string of the molecule is C#CCCC(NN)C1SCCSC1C. The number of hydrazine groups is 1. The molecule has 3 unspecified atom stereocenters. The van der Waals surface area contributed by atoms with Crippen LogP contribution < -0.4 is 11.3 Å². The van der Waals surface area contributed by atoms with E-state index in [1.54, 1.807) is 0 Å². The monoisotopic (exact) mass is 230 g/mol. The molecule has 1 heterocycles. The third-order valence-electron chi connectivity index (χ3n) is 2.45. The molecule has 0 amide bonds. The summed E-state index contributed by atoms with van der Waals surface area (Å²) in [6.45, 7) is 2.28. The van der Waals surface area contributed by atoms with E-state index in [2.05, 4.69) is 18.3 Å². The summed E-state index contributed by atoms with van der Waals surface area (Å²) >= 11 is 4.06. The molecule has 80 valence electrons. The second-order valence-corrected chi connectivity index (χ2v) is 6.20. The van der Waals surface area contributed by atoms with Crippen molar-refractivity contribution in [2.45, 2.75) is 36.3 Å². The number of nitrogens with two attached hydrogens (primary N) is 1. The van der Waals surface area contributed by atoms with Gasteiger partial charge in [-0.15, -0.1) is 12.3 Å². The standard InChI is InChI=1S/C10H18N2S2/c1-3-4-5-9(12-11)10-8(2)13-6-7-14-10/h1,8-10,12H,4-7,11H2,2H3. The predicted octanol–water partition coefficient (Wildman–Crippen LogP) is 1.47. The summed E-state index contributed by atoms with van der Waals surface area (Å²) in [7, 11) is 0. The van der Waals surface area contributed by atoms with Crippen LogP contribution >= 0.6 is 23.5 Å². The van der Waals surface area contributed by atoms with Crippen molar-refractivity contribution in [3.63, 3.8) is 0 Å². The summed E-state index contributed by atoms with van der Waals surface area (Å²) in [5, 5.41) is 1.28. The molecule has 0 radical (unpaired) electrons. The summed E-state index contributed by atoms with van der Waals surface area (Å²) < 4.78 is 0. The van der Waals surface area contributed by atoms with Gasteiger partial charge in [-0.05, 0) is 6.42 Å². The molecule has 2 nitrogen and oxygen atoms in total. The zero-order valence-electron chi connectivity index (χ0n) is 8.53. The molecule has 3 N–H and O–H groups in total. The number of thioether (sulfide) groups is 2. The van der Waals surface area contributed by atoms with Gasteiger partial charge in [0.2, 0.25) is 0 Å². The normalized spacial score (nSPS) is 29.5. The topological polar surface area (TPSA) is 38.0 Å². The quantitative estimate of drug-likeness (QED) is 0.436. The predicted molar refractivity (Wildman–Crippen MR) is 67.3 cm³/mol. The van der Waals surface area contributed by atoms with Crippen LogP contribution in [-0.4, -0.2) is 28.0 Å². The van der Waals surface area contributed by atoms with E-state index in [9.17, 15) is 0 Å². The Morgan fingerprint density at radius 1 is 1.57 bits per heavy atom. The van der Waals surface area contributed by atoms with E-state index < -0.39 is 0 Å². The van der Waals surface area contributed by atoms with Crippen molar-refractivity contribution < 1.29 is 0 Å². The van der Waals surface area contributed by atoms with Crippen molar-refractivity contribution in [1.82, 2.24) is 5.43 Å². The highest BCUT2D eigenvalue weighted by atomic mass is 32.2. The van der Waals surface area contributed by atoms with Gasteiger partial charge < -0.3 is 0 Å². The maximum Gasteiger partial charge on any atom is 0.0349 e. The highest BCUT2D eigenvalue weighted by Gasteiger charge is 2.29. The highest BCUT2D eigenvalue weighted by Crippen LogP contribution is 2.33. The first kappa shape index (κ1) is 12.3. The van der Waals surface area contributed by atoms with Crippen LogP contribution in [0.15, 0.2) is 0 Å². The van der Waals surface area contributed by atoms with Gasteiger partial charge in [0.15, 0.2) is 0 Å². The van der Waals surface area contributed by atoms with Gasteiger partial charge in [0.05, 0.1) is 0 Å². The molecule has 4 heteroatoms. The van der Waals surface area contributed by atoms with Gasteiger partial charge >= 0.3 is 0 Å². The average Bonchev–Trinajstić information content (AvgIpc) is 2.21. The molecule has 0 saturated carbocycles. The molecule has 1 aliphatic heterocycles. The number of hydrogen-bond donors (Lipinski definition) is 2. The fourth-order valence-corrected chi connectivity index (χ4v) is 4.66. The Balaban J connectivity index is 2.45. The van der Waals surface area contributed by atoms with E-state index in [1.165, 1.54) is 11.5 Å². The second-order valence-electron chi connectivity index (χ2n) is 3.43. The Labute approximate surface area is 95.1 Å². The molecule has 0 aromatic rings. The molecule has 0 bridgehead atoms. The Kier molecular flexibility index (Phi) is 5.80. The fraction of sp³-hybridized carbons (Fsp3) is 0.800. The van der Waals surface area contributed by atoms with Gasteiger partial charge in [0.1, 0.15) is 0 Å². The molecule has 14 heavy (non-hydrogen) atoms. The Morgan fingerprint density at radius 3 is 2.86 bits per heavy atom. The largest absolute Gasteiger partial charge is 0.271 e. The van der Waals surface area contributed by atoms with Crippen LogP contribution in [0.3, 0.4) is 0 Å². The Bertz CT molecular complexity index is 203. The van der Waals surface area contributed by atoms with Gasteiger partial charge in [0.25, 0.3) is 0 Å². The molecule has 1 fully saturated rings. The first-order valence-corrected chi connectivity index (χ1v) is 7.02. The lowest BCUT2D eigenvalue weighted by Gasteiger charge is -2.33. The first-order chi connectivity index (χ1) is 6.79. The summed E-state index contributed by atoms with van der Waals surface area (Å²) in [5.41, 5.74) is 2.91. The van der Waals surface area contributed by atoms with Crippen molar-refractivity contribution >= 4 is 23.5 Å². The van der Waals surface area contributed by atoms with Crippen molar-refractivity contribution in [3.05, 3.63) is 0 Å². The zero-order valence-corrected chi connectivity index (χ0v) is 10.2. The zero-order chi connectivity index (χ0) is 10.4. The van der Waals surface area contributed by atoms with Crippen LogP contribution in [0.1, 0.15) is 19.8 Å². The summed E-state index contributed by atoms with van der Waals surface area (Å²) in [6.07, 6.45) is 7.06. The molecule has 1 saturated heterocycles. The van der Waals surface area contributed by atoms with E-state index in [0.717, 1.165) is 12.8 Å². The van der Waals surface area contributed by atoms with Gasteiger partial charge in [-0.3, -0.25) is 11.3 Å². The van der Waals surface area contributed by atoms with Gasteiger partial charge in [-0.25, -0.2) is 0 Å². The van der Waals surface area contributed by atoms with Crippen molar-refractivity contribution in [2.24, 2.45) is 5.84 Å². The van der Waals surface area contributed by atoms with Crippen molar-refractivity contribution in [3.8, 4) is 12.3 Å². The van der Waals surface area contributed by atoms with Crippen molar-refractivity contribution in [2.75, 3.05) is 11.5 Å². The van der Waals surface area contributed by atoms with E-state index >= 15 is 0 Å². The molecular formula is C10H18N2S2. The van der Waals surface area contributed by atoms with E-state index in [4.69, 9.17) is 12.3 Å². The lowest BCUT2D eigenvalue weighted by molar-refractivity contribution is 0.479. The van der Waals surface area contributed by atoms with Crippen molar-refractivity contribution in [1.29, 1.82) is 0 Å². The number of terminal acetylenes is 1. The smallest absolute Gasteiger partial charge is 0.0349 e. The Morgan fingerprint density at radius 2 is 2.29 bits per heavy atom. The molecule has 3 atom stereocenters. The number of hydrogen-bond acceptors (Lipinski definition) is 4. The summed E-state index contributed by atoms with van der Waals surface area (Å²) in [5.74, 6) is 10.7. The third kappa shape index (κ3) is 3.39. The van der Waals surface area contributed by atoms with Crippen LogP contribution in [0, 0.1) is 12.3 Å². The summed E-state index contributed by atoms with van der Waals surface area (Å²) in [6, 6.07) is 0.360. The summed E-state index contributed by atoms with van der Waals surface area (Å²) in [4.78, 5) is 0. The molecule has 0 aliphatic carbocycles. The van der Waals surface area contributed by atoms with E-state index in [0.29, 0.717) is 16.5 Å². The lowest BCUT2D eigenvalue weighted by atomic mass is 10.1. The maximum absolute atomic E-state index is 5.57. The molecular weight excluding hydrogens is 212 g/mol.